The standard InChI is InChI=1S/C15H18N2O4S/c1-4-20-12(18)9-22-14-13(15(19)21-5-2)11-8-10(3)6-7-17(11)16-14/h6-8H,4-5,9H2,1-3H3. The molecule has 6 nitrogen and oxygen atoms in total. The van der Waals surface area contributed by atoms with Crippen LogP contribution in [-0.4, -0.2) is 40.5 Å². The second kappa shape index (κ2) is 7.31. The molecular weight excluding hydrogens is 304 g/mol. The average Bonchev–Trinajstić information content (AvgIpc) is 2.83. The minimum Gasteiger partial charge on any atom is -0.465 e. The zero-order valence-electron chi connectivity index (χ0n) is 12.8. The van der Waals surface area contributed by atoms with Gasteiger partial charge in [-0.15, -0.1) is 0 Å². The van der Waals surface area contributed by atoms with E-state index in [4.69, 9.17) is 9.47 Å². The first-order valence-corrected chi connectivity index (χ1v) is 7.99. The summed E-state index contributed by atoms with van der Waals surface area (Å²) in [6.45, 7) is 6.05. The first kappa shape index (κ1) is 16.4. The fraction of sp³-hybridized carbons (Fsp3) is 0.400. The monoisotopic (exact) mass is 322 g/mol. The molecule has 118 valence electrons. The lowest BCUT2D eigenvalue weighted by molar-refractivity contribution is -0.139. The molecule has 0 fully saturated rings. The van der Waals surface area contributed by atoms with Gasteiger partial charge < -0.3 is 9.47 Å². The molecule has 0 bridgehead atoms. The van der Waals surface area contributed by atoms with Crippen molar-refractivity contribution in [3.8, 4) is 0 Å². The number of carbonyl (C=O) groups is 2. The number of thioether (sulfide) groups is 1. The number of carbonyl (C=O) groups excluding carboxylic acids is 2. The van der Waals surface area contributed by atoms with Gasteiger partial charge in [-0.25, -0.2) is 9.31 Å². The molecule has 0 unspecified atom stereocenters. The van der Waals surface area contributed by atoms with Crippen molar-refractivity contribution in [2.24, 2.45) is 0 Å². The van der Waals surface area contributed by atoms with Crippen LogP contribution in [0.15, 0.2) is 23.4 Å². The predicted octanol–water partition coefficient (Wildman–Crippen LogP) is 2.47. The van der Waals surface area contributed by atoms with Gasteiger partial charge in [-0.05, 0) is 38.5 Å². The molecule has 2 rings (SSSR count). The van der Waals surface area contributed by atoms with Crippen molar-refractivity contribution >= 4 is 29.2 Å². The van der Waals surface area contributed by atoms with Crippen LogP contribution in [0.1, 0.15) is 29.8 Å². The summed E-state index contributed by atoms with van der Waals surface area (Å²) in [7, 11) is 0. The molecule has 0 N–H and O–H groups in total. The van der Waals surface area contributed by atoms with E-state index < -0.39 is 5.97 Å². The maximum Gasteiger partial charge on any atom is 0.343 e. The summed E-state index contributed by atoms with van der Waals surface area (Å²) in [6.07, 6.45) is 1.78. The summed E-state index contributed by atoms with van der Waals surface area (Å²) < 4.78 is 11.6. The highest BCUT2D eigenvalue weighted by molar-refractivity contribution is 8.00. The fourth-order valence-corrected chi connectivity index (χ4v) is 2.77. The van der Waals surface area contributed by atoms with Crippen LogP contribution in [-0.2, 0) is 14.3 Å². The van der Waals surface area contributed by atoms with Gasteiger partial charge in [0.05, 0.1) is 24.5 Å². The second-order valence-electron chi connectivity index (χ2n) is 4.53. The van der Waals surface area contributed by atoms with E-state index in [2.05, 4.69) is 5.10 Å². The number of pyridine rings is 1. The molecule has 0 aliphatic rings. The Morgan fingerprint density at radius 3 is 2.68 bits per heavy atom. The van der Waals surface area contributed by atoms with Crippen LogP contribution in [0.2, 0.25) is 0 Å². The summed E-state index contributed by atoms with van der Waals surface area (Å²) in [5, 5.41) is 4.83. The summed E-state index contributed by atoms with van der Waals surface area (Å²) in [5.41, 5.74) is 2.07. The minimum absolute atomic E-state index is 0.100. The largest absolute Gasteiger partial charge is 0.465 e. The zero-order chi connectivity index (χ0) is 16.1. The number of fused-ring (bicyclic) bond motifs is 1. The lowest BCUT2D eigenvalue weighted by atomic mass is 10.2. The van der Waals surface area contributed by atoms with E-state index in [-0.39, 0.29) is 18.3 Å². The van der Waals surface area contributed by atoms with Crippen LogP contribution in [0.5, 0.6) is 0 Å². The average molecular weight is 322 g/mol. The van der Waals surface area contributed by atoms with Gasteiger partial charge in [0.1, 0.15) is 10.6 Å². The molecule has 0 atom stereocenters. The molecule has 0 amide bonds. The smallest absolute Gasteiger partial charge is 0.343 e. The summed E-state index contributed by atoms with van der Waals surface area (Å²) in [5.74, 6) is -0.673. The van der Waals surface area contributed by atoms with Gasteiger partial charge in [0, 0.05) is 6.20 Å². The SMILES string of the molecule is CCOC(=O)CSc1nn2ccc(C)cc2c1C(=O)OCC. The number of aryl methyl sites for hydroxylation is 1. The third-order valence-corrected chi connectivity index (χ3v) is 3.81. The van der Waals surface area contributed by atoms with E-state index >= 15 is 0 Å². The molecular formula is C15H18N2O4S. The van der Waals surface area contributed by atoms with E-state index in [1.54, 1.807) is 24.6 Å². The Kier molecular flexibility index (Phi) is 5.43. The number of rotatable bonds is 6. The maximum absolute atomic E-state index is 12.2. The van der Waals surface area contributed by atoms with E-state index in [0.717, 1.165) is 5.56 Å². The summed E-state index contributed by atoms with van der Waals surface area (Å²) in [4.78, 5) is 23.7. The topological polar surface area (TPSA) is 69.9 Å². The first-order chi connectivity index (χ1) is 10.6. The molecule has 0 spiro atoms. The number of hydrogen-bond donors (Lipinski definition) is 0. The number of aromatic nitrogens is 2. The van der Waals surface area contributed by atoms with E-state index in [0.29, 0.717) is 22.7 Å². The van der Waals surface area contributed by atoms with Crippen molar-refractivity contribution in [1.29, 1.82) is 0 Å². The molecule has 0 saturated heterocycles. The highest BCUT2D eigenvalue weighted by Gasteiger charge is 2.22. The quantitative estimate of drug-likeness (QED) is 0.601. The number of ether oxygens (including phenoxy) is 2. The van der Waals surface area contributed by atoms with Gasteiger partial charge in [0.25, 0.3) is 0 Å². The molecule has 22 heavy (non-hydrogen) atoms. The number of esters is 2. The van der Waals surface area contributed by atoms with Crippen LogP contribution < -0.4 is 0 Å². The lowest BCUT2D eigenvalue weighted by Crippen LogP contribution is -2.08. The molecule has 0 saturated carbocycles. The molecule has 0 aliphatic heterocycles. The van der Waals surface area contributed by atoms with Crippen molar-refractivity contribution in [2.45, 2.75) is 25.8 Å². The van der Waals surface area contributed by atoms with Gasteiger partial charge in [0.15, 0.2) is 0 Å². The van der Waals surface area contributed by atoms with Crippen LogP contribution >= 0.6 is 11.8 Å². The number of nitrogens with zero attached hydrogens (tertiary/aromatic N) is 2. The Labute approximate surface area is 132 Å². The highest BCUT2D eigenvalue weighted by Crippen LogP contribution is 2.27. The lowest BCUT2D eigenvalue weighted by Gasteiger charge is -2.03. The minimum atomic E-state index is -0.436. The molecule has 2 aromatic heterocycles. The van der Waals surface area contributed by atoms with Crippen LogP contribution in [0.3, 0.4) is 0 Å². The van der Waals surface area contributed by atoms with Crippen LogP contribution in [0.25, 0.3) is 5.52 Å². The summed E-state index contributed by atoms with van der Waals surface area (Å²) >= 11 is 1.17. The molecule has 7 heteroatoms. The van der Waals surface area contributed by atoms with Crippen molar-refractivity contribution in [2.75, 3.05) is 19.0 Å². The maximum atomic E-state index is 12.2. The second-order valence-corrected chi connectivity index (χ2v) is 5.49. The van der Waals surface area contributed by atoms with Crippen molar-refractivity contribution in [3.05, 3.63) is 29.5 Å². The summed E-state index contributed by atoms with van der Waals surface area (Å²) in [6, 6.07) is 3.77. The van der Waals surface area contributed by atoms with Gasteiger partial charge >= 0.3 is 11.9 Å². The van der Waals surface area contributed by atoms with Crippen molar-refractivity contribution in [3.63, 3.8) is 0 Å². The van der Waals surface area contributed by atoms with Crippen LogP contribution in [0.4, 0.5) is 0 Å². The highest BCUT2D eigenvalue weighted by atomic mass is 32.2. The first-order valence-electron chi connectivity index (χ1n) is 7.01. The fourth-order valence-electron chi connectivity index (χ4n) is 1.96. The van der Waals surface area contributed by atoms with E-state index in [1.165, 1.54) is 11.8 Å². The van der Waals surface area contributed by atoms with E-state index in [9.17, 15) is 9.59 Å². The molecule has 2 heterocycles. The molecule has 0 aromatic carbocycles. The normalized spacial score (nSPS) is 10.7. The Balaban J connectivity index is 2.37. The Morgan fingerprint density at radius 1 is 1.27 bits per heavy atom. The molecule has 0 aliphatic carbocycles. The van der Waals surface area contributed by atoms with Gasteiger partial charge in [-0.1, -0.05) is 11.8 Å². The Bertz CT molecular complexity index is 696. The van der Waals surface area contributed by atoms with Gasteiger partial charge in [0.2, 0.25) is 0 Å². The van der Waals surface area contributed by atoms with Crippen molar-refractivity contribution < 1.29 is 19.1 Å². The van der Waals surface area contributed by atoms with Crippen molar-refractivity contribution in [1.82, 2.24) is 9.61 Å². The zero-order valence-corrected chi connectivity index (χ0v) is 13.6. The Morgan fingerprint density at radius 2 is 2.00 bits per heavy atom. The Hall–Kier alpha value is -2.02. The van der Waals surface area contributed by atoms with E-state index in [1.807, 2.05) is 19.1 Å². The third kappa shape index (κ3) is 3.59. The van der Waals surface area contributed by atoms with Gasteiger partial charge in [-0.2, -0.15) is 5.10 Å². The molecule has 0 radical (unpaired) electrons. The number of hydrogen-bond acceptors (Lipinski definition) is 6. The third-order valence-electron chi connectivity index (χ3n) is 2.87. The van der Waals surface area contributed by atoms with Gasteiger partial charge in [-0.3, -0.25) is 4.79 Å². The predicted molar refractivity (Wildman–Crippen MR) is 83.2 cm³/mol. The molecule has 2 aromatic rings. The van der Waals surface area contributed by atoms with Crippen LogP contribution in [0, 0.1) is 6.92 Å².